The molecule has 0 atom stereocenters. The molecule has 120 valence electrons. The first-order chi connectivity index (χ1) is 10.7. The third kappa shape index (κ3) is 3.80. The number of aliphatic hydroxyl groups excluding tert-OH is 1. The Bertz CT molecular complexity index is 488. The predicted octanol–water partition coefficient (Wildman–Crippen LogP) is 2.57. The van der Waals surface area contributed by atoms with Gasteiger partial charge in [0.25, 0.3) is 5.91 Å². The van der Waals surface area contributed by atoms with Gasteiger partial charge >= 0.3 is 0 Å². The molecular weight excluding hydrogens is 276 g/mol. The summed E-state index contributed by atoms with van der Waals surface area (Å²) in [6.45, 7) is 2.55. The maximum atomic E-state index is 12.1. The Morgan fingerprint density at radius 1 is 1.14 bits per heavy atom. The average Bonchev–Trinajstić information content (AvgIpc) is 2.50. The van der Waals surface area contributed by atoms with E-state index in [2.05, 4.69) is 10.2 Å². The van der Waals surface area contributed by atoms with Crippen molar-refractivity contribution in [3.8, 4) is 0 Å². The number of aliphatic hydroxyl groups is 1. The molecule has 1 saturated carbocycles. The minimum Gasteiger partial charge on any atom is -0.393 e. The zero-order valence-corrected chi connectivity index (χ0v) is 13.1. The van der Waals surface area contributed by atoms with Gasteiger partial charge in [-0.2, -0.15) is 0 Å². The molecule has 0 bridgehead atoms. The van der Waals surface area contributed by atoms with Crippen LogP contribution in [0.5, 0.6) is 0 Å². The van der Waals surface area contributed by atoms with Crippen LogP contribution in [0.3, 0.4) is 0 Å². The lowest BCUT2D eigenvalue weighted by atomic mass is 9.83. The quantitative estimate of drug-likeness (QED) is 0.879. The summed E-state index contributed by atoms with van der Waals surface area (Å²) in [4.78, 5) is 14.4. The second-order valence-corrected chi connectivity index (χ2v) is 6.61. The Kier molecular flexibility index (Phi) is 4.98. The van der Waals surface area contributed by atoms with Gasteiger partial charge in [0.1, 0.15) is 0 Å². The van der Waals surface area contributed by atoms with Gasteiger partial charge in [0.15, 0.2) is 0 Å². The zero-order valence-electron chi connectivity index (χ0n) is 13.1. The van der Waals surface area contributed by atoms with Gasteiger partial charge in [-0.1, -0.05) is 19.3 Å². The number of piperidine rings is 1. The van der Waals surface area contributed by atoms with Crippen LogP contribution in [0.25, 0.3) is 0 Å². The van der Waals surface area contributed by atoms with Gasteiger partial charge in [-0.25, -0.2) is 0 Å². The molecule has 1 saturated heterocycles. The number of hydrogen-bond acceptors (Lipinski definition) is 3. The Morgan fingerprint density at radius 2 is 1.82 bits per heavy atom. The van der Waals surface area contributed by atoms with Gasteiger partial charge in [0.2, 0.25) is 0 Å². The van der Waals surface area contributed by atoms with Gasteiger partial charge < -0.3 is 15.3 Å². The molecule has 2 aliphatic rings. The molecule has 1 aromatic rings. The van der Waals surface area contributed by atoms with Gasteiger partial charge in [0, 0.05) is 30.9 Å². The van der Waals surface area contributed by atoms with E-state index in [4.69, 9.17) is 0 Å². The molecule has 4 nitrogen and oxygen atoms in total. The Morgan fingerprint density at radius 3 is 2.41 bits per heavy atom. The normalized spacial score (nSPS) is 19.8. The maximum absolute atomic E-state index is 12.1. The summed E-state index contributed by atoms with van der Waals surface area (Å²) in [5, 5.41) is 12.6. The number of amides is 1. The third-order valence-corrected chi connectivity index (χ3v) is 5.02. The molecule has 0 spiro atoms. The van der Waals surface area contributed by atoms with Crippen molar-refractivity contribution in [1.82, 2.24) is 5.32 Å². The molecule has 22 heavy (non-hydrogen) atoms. The number of hydrogen-bond donors (Lipinski definition) is 2. The molecule has 1 amide bonds. The average molecular weight is 302 g/mol. The highest BCUT2D eigenvalue weighted by Crippen LogP contribution is 2.28. The van der Waals surface area contributed by atoms with E-state index in [1.807, 2.05) is 24.3 Å². The molecule has 3 rings (SSSR count). The topological polar surface area (TPSA) is 52.6 Å². The molecule has 2 N–H and O–H groups in total. The molecule has 2 fully saturated rings. The molecule has 0 aromatic heterocycles. The van der Waals surface area contributed by atoms with E-state index in [9.17, 15) is 9.90 Å². The standard InChI is InChI=1S/C18H26N2O2/c21-17-9-12-20(13-10-17)16-6-4-15(5-7-16)18(22)19-11-8-14-2-1-3-14/h4-7,14,17,21H,1-3,8-13H2,(H,19,22). The van der Waals surface area contributed by atoms with E-state index in [0.717, 1.165) is 56.1 Å². The van der Waals surface area contributed by atoms with Gasteiger partial charge in [-0.3, -0.25) is 4.79 Å². The number of carbonyl (C=O) groups is 1. The van der Waals surface area contributed by atoms with Crippen LogP contribution in [0.15, 0.2) is 24.3 Å². The fourth-order valence-electron chi connectivity index (χ4n) is 3.22. The van der Waals surface area contributed by atoms with Crippen molar-refractivity contribution in [1.29, 1.82) is 0 Å². The zero-order chi connectivity index (χ0) is 15.4. The first-order valence-electron chi connectivity index (χ1n) is 8.53. The van der Waals surface area contributed by atoms with Crippen LogP contribution < -0.4 is 10.2 Å². The summed E-state index contributed by atoms with van der Waals surface area (Å²) in [7, 11) is 0. The van der Waals surface area contributed by atoms with Crippen molar-refractivity contribution in [2.24, 2.45) is 5.92 Å². The fraction of sp³-hybridized carbons (Fsp3) is 0.611. The lowest BCUT2D eigenvalue weighted by Gasteiger charge is -2.31. The highest BCUT2D eigenvalue weighted by atomic mass is 16.3. The van der Waals surface area contributed by atoms with Gasteiger partial charge in [-0.05, 0) is 49.4 Å². The fourth-order valence-corrected chi connectivity index (χ4v) is 3.22. The molecule has 1 aromatic carbocycles. The van der Waals surface area contributed by atoms with Crippen molar-refractivity contribution >= 4 is 11.6 Å². The lowest BCUT2D eigenvalue weighted by molar-refractivity contribution is 0.0949. The molecule has 0 radical (unpaired) electrons. The monoisotopic (exact) mass is 302 g/mol. The van der Waals surface area contributed by atoms with Gasteiger partial charge in [-0.15, -0.1) is 0 Å². The summed E-state index contributed by atoms with van der Waals surface area (Å²) in [5.41, 5.74) is 1.87. The first kappa shape index (κ1) is 15.3. The Hall–Kier alpha value is -1.55. The van der Waals surface area contributed by atoms with Crippen LogP contribution >= 0.6 is 0 Å². The number of anilines is 1. The Balaban J connectivity index is 1.48. The van der Waals surface area contributed by atoms with Crippen molar-refractivity contribution in [3.63, 3.8) is 0 Å². The molecule has 4 heteroatoms. The van der Waals surface area contributed by atoms with Crippen molar-refractivity contribution < 1.29 is 9.90 Å². The lowest BCUT2D eigenvalue weighted by Crippen LogP contribution is -2.35. The first-order valence-corrected chi connectivity index (χ1v) is 8.53. The van der Waals surface area contributed by atoms with E-state index in [0.29, 0.717) is 0 Å². The van der Waals surface area contributed by atoms with E-state index in [-0.39, 0.29) is 12.0 Å². The number of rotatable bonds is 5. The molecule has 1 aliphatic carbocycles. The van der Waals surface area contributed by atoms with Crippen LogP contribution in [0.1, 0.15) is 48.9 Å². The SMILES string of the molecule is O=C(NCCC1CCC1)c1ccc(N2CCC(O)CC2)cc1. The summed E-state index contributed by atoms with van der Waals surface area (Å²) in [6.07, 6.45) is 6.61. The van der Waals surface area contributed by atoms with E-state index < -0.39 is 0 Å². The predicted molar refractivity (Wildman–Crippen MR) is 88.2 cm³/mol. The number of benzene rings is 1. The van der Waals surface area contributed by atoms with Crippen LogP contribution in [0.2, 0.25) is 0 Å². The smallest absolute Gasteiger partial charge is 0.251 e. The maximum Gasteiger partial charge on any atom is 0.251 e. The summed E-state index contributed by atoms with van der Waals surface area (Å²) in [6, 6.07) is 7.83. The van der Waals surface area contributed by atoms with Crippen LogP contribution in [-0.2, 0) is 0 Å². The second-order valence-electron chi connectivity index (χ2n) is 6.61. The number of carbonyl (C=O) groups excluding carboxylic acids is 1. The van der Waals surface area contributed by atoms with Crippen molar-refractivity contribution in [3.05, 3.63) is 29.8 Å². The summed E-state index contributed by atoms with van der Waals surface area (Å²) >= 11 is 0. The largest absolute Gasteiger partial charge is 0.393 e. The summed E-state index contributed by atoms with van der Waals surface area (Å²) in [5.74, 6) is 0.858. The highest BCUT2D eigenvalue weighted by molar-refractivity contribution is 5.94. The van der Waals surface area contributed by atoms with Crippen LogP contribution in [-0.4, -0.2) is 36.8 Å². The minimum atomic E-state index is -0.156. The third-order valence-electron chi connectivity index (χ3n) is 5.02. The van der Waals surface area contributed by atoms with E-state index in [1.165, 1.54) is 19.3 Å². The molecule has 0 unspecified atom stereocenters. The van der Waals surface area contributed by atoms with E-state index in [1.54, 1.807) is 0 Å². The molecule has 1 heterocycles. The molecule has 1 aliphatic heterocycles. The second kappa shape index (κ2) is 7.14. The van der Waals surface area contributed by atoms with Crippen molar-refractivity contribution in [2.45, 2.75) is 44.6 Å². The van der Waals surface area contributed by atoms with Crippen molar-refractivity contribution in [2.75, 3.05) is 24.5 Å². The van der Waals surface area contributed by atoms with E-state index >= 15 is 0 Å². The summed E-state index contributed by atoms with van der Waals surface area (Å²) < 4.78 is 0. The Labute approximate surface area is 132 Å². The minimum absolute atomic E-state index is 0.0277. The van der Waals surface area contributed by atoms with Gasteiger partial charge in [0.05, 0.1) is 6.10 Å². The van der Waals surface area contributed by atoms with Crippen LogP contribution in [0, 0.1) is 5.92 Å². The highest BCUT2D eigenvalue weighted by Gasteiger charge is 2.18. The number of nitrogens with zero attached hydrogens (tertiary/aromatic N) is 1. The number of nitrogens with one attached hydrogen (secondary N) is 1. The van der Waals surface area contributed by atoms with Crippen LogP contribution in [0.4, 0.5) is 5.69 Å². The molecular formula is C18H26N2O2.